The number of nitrogens with two attached hydrogens (primary N) is 1. The maximum Gasteiger partial charge on any atom is 0.0659 e. The van der Waals surface area contributed by atoms with E-state index in [4.69, 9.17) is 5.73 Å². The SMILES string of the molecule is CC(CN)C1CCc2nn(C)cc21. The average molecular weight is 179 g/mol. The molecule has 1 heterocycles. The predicted octanol–water partition coefficient (Wildman–Crippen LogP) is 1.04. The molecule has 3 nitrogen and oxygen atoms in total. The Morgan fingerprint density at radius 2 is 2.54 bits per heavy atom. The summed E-state index contributed by atoms with van der Waals surface area (Å²) < 4.78 is 1.92. The van der Waals surface area contributed by atoms with E-state index >= 15 is 0 Å². The smallest absolute Gasteiger partial charge is 0.0659 e. The molecule has 0 bridgehead atoms. The van der Waals surface area contributed by atoms with Gasteiger partial charge in [0, 0.05) is 13.2 Å². The first-order valence-electron chi connectivity index (χ1n) is 4.95. The molecule has 0 aliphatic heterocycles. The zero-order valence-corrected chi connectivity index (χ0v) is 8.33. The van der Waals surface area contributed by atoms with Gasteiger partial charge >= 0.3 is 0 Å². The summed E-state index contributed by atoms with van der Waals surface area (Å²) in [6, 6.07) is 0. The molecule has 1 aliphatic carbocycles. The van der Waals surface area contributed by atoms with Gasteiger partial charge in [-0.1, -0.05) is 6.92 Å². The summed E-state index contributed by atoms with van der Waals surface area (Å²) >= 11 is 0. The van der Waals surface area contributed by atoms with Gasteiger partial charge in [-0.25, -0.2) is 0 Å². The molecule has 1 aromatic heterocycles. The molecule has 13 heavy (non-hydrogen) atoms. The van der Waals surface area contributed by atoms with Crippen molar-refractivity contribution in [3.05, 3.63) is 17.5 Å². The highest BCUT2D eigenvalue weighted by atomic mass is 15.3. The molecule has 0 saturated carbocycles. The lowest BCUT2D eigenvalue weighted by Crippen LogP contribution is -2.17. The topological polar surface area (TPSA) is 43.8 Å². The van der Waals surface area contributed by atoms with Gasteiger partial charge in [-0.2, -0.15) is 5.10 Å². The van der Waals surface area contributed by atoms with Crippen LogP contribution in [0.1, 0.15) is 30.5 Å². The van der Waals surface area contributed by atoms with Gasteiger partial charge in [-0.15, -0.1) is 0 Å². The summed E-state index contributed by atoms with van der Waals surface area (Å²) in [5.74, 6) is 1.24. The third kappa shape index (κ3) is 1.37. The molecule has 72 valence electrons. The van der Waals surface area contributed by atoms with Gasteiger partial charge < -0.3 is 5.73 Å². The Bertz CT molecular complexity index is 303. The Morgan fingerprint density at radius 1 is 1.77 bits per heavy atom. The Balaban J connectivity index is 2.26. The van der Waals surface area contributed by atoms with E-state index in [9.17, 15) is 0 Å². The van der Waals surface area contributed by atoms with Crippen LogP contribution in [0.3, 0.4) is 0 Å². The Labute approximate surface area is 78.9 Å². The standard InChI is InChI=1S/C10H17N3/c1-7(5-11)8-3-4-10-9(8)6-13(2)12-10/h6-8H,3-5,11H2,1-2H3. The molecular formula is C10H17N3. The second-order valence-electron chi connectivity index (χ2n) is 4.06. The van der Waals surface area contributed by atoms with Crippen molar-refractivity contribution in [3.8, 4) is 0 Å². The Morgan fingerprint density at radius 3 is 3.23 bits per heavy atom. The zero-order valence-electron chi connectivity index (χ0n) is 8.33. The van der Waals surface area contributed by atoms with Crippen molar-refractivity contribution in [2.75, 3.05) is 6.54 Å². The maximum atomic E-state index is 5.69. The predicted molar refractivity (Wildman–Crippen MR) is 52.5 cm³/mol. The number of fused-ring (bicyclic) bond motifs is 1. The minimum atomic E-state index is 0.588. The van der Waals surface area contributed by atoms with Crippen LogP contribution >= 0.6 is 0 Å². The van der Waals surface area contributed by atoms with Crippen LogP contribution in [0.4, 0.5) is 0 Å². The number of aryl methyl sites for hydroxylation is 2. The lowest BCUT2D eigenvalue weighted by atomic mass is 9.90. The Kier molecular flexibility index (Phi) is 2.12. The fourth-order valence-electron chi connectivity index (χ4n) is 2.26. The van der Waals surface area contributed by atoms with Crippen LogP contribution in [0.15, 0.2) is 6.20 Å². The van der Waals surface area contributed by atoms with E-state index in [2.05, 4.69) is 18.2 Å². The van der Waals surface area contributed by atoms with E-state index in [1.165, 1.54) is 17.7 Å². The first-order chi connectivity index (χ1) is 6.22. The van der Waals surface area contributed by atoms with Crippen LogP contribution in [0.25, 0.3) is 0 Å². The highest BCUT2D eigenvalue weighted by Crippen LogP contribution is 2.36. The fraction of sp³-hybridized carbons (Fsp3) is 0.700. The van der Waals surface area contributed by atoms with Crippen LogP contribution in [-0.2, 0) is 13.5 Å². The molecule has 0 radical (unpaired) electrons. The molecular weight excluding hydrogens is 162 g/mol. The van der Waals surface area contributed by atoms with E-state index in [1.807, 2.05) is 11.7 Å². The number of hydrogen-bond acceptors (Lipinski definition) is 2. The number of hydrogen-bond donors (Lipinski definition) is 1. The van der Waals surface area contributed by atoms with E-state index in [0.717, 1.165) is 13.0 Å². The quantitative estimate of drug-likeness (QED) is 0.737. The lowest BCUT2D eigenvalue weighted by molar-refractivity contribution is 0.463. The molecule has 2 N–H and O–H groups in total. The minimum absolute atomic E-state index is 0.588. The van der Waals surface area contributed by atoms with Gasteiger partial charge in [0.1, 0.15) is 0 Å². The molecule has 0 aromatic carbocycles. The molecule has 3 heteroatoms. The number of aromatic nitrogens is 2. The largest absolute Gasteiger partial charge is 0.330 e. The van der Waals surface area contributed by atoms with Crippen LogP contribution < -0.4 is 5.73 Å². The van der Waals surface area contributed by atoms with E-state index in [0.29, 0.717) is 11.8 Å². The van der Waals surface area contributed by atoms with Gasteiger partial charge in [0.2, 0.25) is 0 Å². The summed E-state index contributed by atoms with van der Waals surface area (Å²) in [5.41, 5.74) is 8.40. The zero-order chi connectivity index (χ0) is 9.42. The summed E-state index contributed by atoms with van der Waals surface area (Å²) in [4.78, 5) is 0. The van der Waals surface area contributed by atoms with Gasteiger partial charge in [0.05, 0.1) is 5.69 Å². The second kappa shape index (κ2) is 3.14. The molecule has 0 fully saturated rings. The van der Waals surface area contributed by atoms with Crippen molar-refractivity contribution < 1.29 is 0 Å². The van der Waals surface area contributed by atoms with E-state index in [1.54, 1.807) is 0 Å². The summed E-state index contributed by atoms with van der Waals surface area (Å²) in [7, 11) is 1.99. The minimum Gasteiger partial charge on any atom is -0.330 e. The second-order valence-corrected chi connectivity index (χ2v) is 4.06. The van der Waals surface area contributed by atoms with Gasteiger partial charge in [0.25, 0.3) is 0 Å². The third-order valence-electron chi connectivity index (χ3n) is 3.09. The summed E-state index contributed by atoms with van der Waals surface area (Å²) in [5, 5.41) is 4.43. The molecule has 0 saturated heterocycles. The number of nitrogens with zero attached hydrogens (tertiary/aromatic N) is 2. The molecule has 0 amide bonds. The molecule has 2 unspecified atom stereocenters. The first-order valence-corrected chi connectivity index (χ1v) is 4.95. The van der Waals surface area contributed by atoms with Crippen molar-refractivity contribution >= 4 is 0 Å². The summed E-state index contributed by atoms with van der Waals surface area (Å²) in [6.07, 6.45) is 4.52. The van der Waals surface area contributed by atoms with E-state index < -0.39 is 0 Å². The van der Waals surface area contributed by atoms with Crippen molar-refractivity contribution in [2.45, 2.75) is 25.7 Å². The van der Waals surface area contributed by atoms with Crippen LogP contribution in [0, 0.1) is 5.92 Å². The highest BCUT2D eigenvalue weighted by molar-refractivity contribution is 5.28. The van der Waals surface area contributed by atoms with Gasteiger partial charge in [-0.05, 0) is 36.8 Å². The lowest BCUT2D eigenvalue weighted by Gasteiger charge is -2.16. The maximum absolute atomic E-state index is 5.69. The molecule has 2 atom stereocenters. The van der Waals surface area contributed by atoms with Crippen LogP contribution in [0.2, 0.25) is 0 Å². The summed E-state index contributed by atoms with van der Waals surface area (Å²) in [6.45, 7) is 3.01. The molecule has 1 aliphatic rings. The normalized spacial score (nSPS) is 23.2. The van der Waals surface area contributed by atoms with Gasteiger partial charge in [-0.3, -0.25) is 4.68 Å². The highest BCUT2D eigenvalue weighted by Gasteiger charge is 2.28. The molecule has 0 spiro atoms. The fourth-order valence-corrected chi connectivity index (χ4v) is 2.26. The van der Waals surface area contributed by atoms with Crippen LogP contribution in [0.5, 0.6) is 0 Å². The average Bonchev–Trinajstić information content (AvgIpc) is 2.61. The molecule has 1 aromatic rings. The van der Waals surface area contributed by atoms with Crippen molar-refractivity contribution in [2.24, 2.45) is 18.7 Å². The van der Waals surface area contributed by atoms with Crippen molar-refractivity contribution in [1.29, 1.82) is 0 Å². The Hall–Kier alpha value is -0.830. The monoisotopic (exact) mass is 179 g/mol. The van der Waals surface area contributed by atoms with E-state index in [-0.39, 0.29) is 0 Å². The van der Waals surface area contributed by atoms with Crippen LogP contribution in [-0.4, -0.2) is 16.3 Å². The first kappa shape index (κ1) is 8.75. The number of rotatable bonds is 2. The van der Waals surface area contributed by atoms with Crippen molar-refractivity contribution in [1.82, 2.24) is 9.78 Å². The molecule has 2 rings (SSSR count). The van der Waals surface area contributed by atoms with Gasteiger partial charge in [0.15, 0.2) is 0 Å². The third-order valence-corrected chi connectivity index (χ3v) is 3.09. The van der Waals surface area contributed by atoms with Crippen molar-refractivity contribution in [3.63, 3.8) is 0 Å².